The van der Waals surface area contributed by atoms with Crippen LogP contribution in [-0.4, -0.2) is 12.5 Å². The molecule has 14 heavy (non-hydrogen) atoms. The molecule has 0 amide bonds. The fraction of sp³-hybridized carbons (Fsp3) is 0.400. The van der Waals surface area contributed by atoms with Gasteiger partial charge in [0.2, 0.25) is 6.43 Å². The van der Waals surface area contributed by atoms with Crippen molar-refractivity contribution in [2.45, 2.75) is 25.9 Å². The number of alkyl halides is 2. The van der Waals surface area contributed by atoms with E-state index in [1.165, 1.54) is 0 Å². The van der Waals surface area contributed by atoms with Crippen molar-refractivity contribution in [3.8, 4) is 5.75 Å². The lowest BCUT2D eigenvalue weighted by atomic mass is 10.3. The monoisotopic (exact) mass is 264 g/mol. The van der Waals surface area contributed by atoms with E-state index in [1.54, 1.807) is 19.1 Å². The summed E-state index contributed by atoms with van der Waals surface area (Å²) in [5.74, 6) is 0.612. The third-order valence-corrected chi connectivity index (χ3v) is 2.19. The maximum Gasteiger partial charge on any atom is 0.242 e. The molecular weight excluding hydrogens is 254 g/mol. The Morgan fingerprint density at radius 2 is 1.86 bits per heavy atom. The summed E-state index contributed by atoms with van der Waals surface area (Å²) in [6.45, 7) is 1.63. The van der Waals surface area contributed by atoms with Crippen LogP contribution in [0.25, 0.3) is 0 Å². The molecule has 78 valence electrons. The van der Waals surface area contributed by atoms with Gasteiger partial charge >= 0.3 is 0 Å². The summed E-state index contributed by atoms with van der Waals surface area (Å²) in [5.41, 5.74) is 0. The molecule has 0 bridgehead atoms. The number of hydrogen-bond donors (Lipinski definition) is 0. The lowest BCUT2D eigenvalue weighted by Crippen LogP contribution is -2.15. The van der Waals surface area contributed by atoms with Gasteiger partial charge in [0.1, 0.15) is 11.9 Å². The van der Waals surface area contributed by atoms with Gasteiger partial charge in [-0.05, 0) is 31.2 Å². The summed E-state index contributed by atoms with van der Waals surface area (Å²) in [6, 6.07) is 7.10. The summed E-state index contributed by atoms with van der Waals surface area (Å²) >= 11 is 3.28. The second kappa shape index (κ2) is 5.29. The molecule has 0 N–H and O–H groups in total. The van der Waals surface area contributed by atoms with Crippen molar-refractivity contribution in [2.75, 3.05) is 0 Å². The average Bonchev–Trinajstić information content (AvgIpc) is 2.07. The summed E-state index contributed by atoms with van der Waals surface area (Å²) < 4.78 is 30.1. The third-order valence-electron chi connectivity index (χ3n) is 1.66. The molecule has 0 aliphatic carbocycles. The molecule has 0 fully saturated rings. The lowest BCUT2D eigenvalue weighted by Gasteiger charge is -2.13. The van der Waals surface area contributed by atoms with Crippen molar-refractivity contribution >= 4 is 15.9 Å². The fourth-order valence-electron chi connectivity index (χ4n) is 1.04. The highest BCUT2D eigenvalue weighted by Crippen LogP contribution is 2.18. The molecule has 0 saturated heterocycles. The highest BCUT2D eigenvalue weighted by Gasteiger charge is 2.11. The molecule has 0 saturated carbocycles. The maximum absolute atomic E-state index is 12.0. The van der Waals surface area contributed by atoms with Crippen LogP contribution in [0, 0.1) is 0 Å². The predicted octanol–water partition coefficient (Wildman–Crippen LogP) is 3.87. The summed E-state index contributed by atoms with van der Waals surface area (Å²) in [6.07, 6.45) is -3.02. The van der Waals surface area contributed by atoms with Gasteiger partial charge in [-0.3, -0.25) is 0 Å². The summed E-state index contributed by atoms with van der Waals surface area (Å²) in [4.78, 5) is 0. The Labute approximate surface area is 90.2 Å². The van der Waals surface area contributed by atoms with Crippen molar-refractivity contribution in [1.82, 2.24) is 0 Å². The van der Waals surface area contributed by atoms with Gasteiger partial charge in [0.05, 0.1) is 0 Å². The van der Waals surface area contributed by atoms with E-state index in [4.69, 9.17) is 4.74 Å². The number of ether oxygens (including phenoxy) is 1. The molecule has 4 heteroatoms. The number of benzene rings is 1. The smallest absolute Gasteiger partial charge is 0.242 e. The van der Waals surface area contributed by atoms with Gasteiger partial charge in [-0.15, -0.1) is 0 Å². The minimum absolute atomic E-state index is 0.240. The molecule has 1 nitrogen and oxygen atoms in total. The van der Waals surface area contributed by atoms with Crippen LogP contribution in [0.5, 0.6) is 5.75 Å². The SMILES string of the molecule is CC(CC(F)F)Oc1ccc(Br)cc1. The Morgan fingerprint density at radius 1 is 1.29 bits per heavy atom. The van der Waals surface area contributed by atoms with Crippen LogP contribution in [0.15, 0.2) is 28.7 Å². The van der Waals surface area contributed by atoms with Gasteiger partial charge in [-0.1, -0.05) is 15.9 Å². The second-order valence-corrected chi connectivity index (χ2v) is 3.92. The number of rotatable bonds is 4. The molecule has 1 unspecified atom stereocenters. The quantitative estimate of drug-likeness (QED) is 0.802. The van der Waals surface area contributed by atoms with Crippen LogP contribution in [-0.2, 0) is 0 Å². The highest BCUT2D eigenvalue weighted by atomic mass is 79.9. The summed E-state index contributed by atoms with van der Waals surface area (Å²) in [7, 11) is 0. The topological polar surface area (TPSA) is 9.23 Å². The van der Waals surface area contributed by atoms with Crippen molar-refractivity contribution in [2.24, 2.45) is 0 Å². The van der Waals surface area contributed by atoms with Crippen molar-refractivity contribution in [3.63, 3.8) is 0 Å². The first-order valence-electron chi connectivity index (χ1n) is 4.28. The first-order valence-corrected chi connectivity index (χ1v) is 5.07. The minimum atomic E-state index is -2.32. The minimum Gasteiger partial charge on any atom is -0.491 e. The summed E-state index contributed by atoms with van der Waals surface area (Å²) in [5, 5.41) is 0. The molecular formula is C10H11BrF2O. The fourth-order valence-corrected chi connectivity index (χ4v) is 1.31. The maximum atomic E-state index is 12.0. The van der Waals surface area contributed by atoms with E-state index in [1.807, 2.05) is 12.1 Å². The number of halogens is 3. The van der Waals surface area contributed by atoms with Gasteiger partial charge in [0.15, 0.2) is 0 Å². The predicted molar refractivity (Wildman–Crippen MR) is 54.9 cm³/mol. The van der Waals surface area contributed by atoms with Gasteiger partial charge < -0.3 is 4.74 Å². The molecule has 0 heterocycles. The largest absolute Gasteiger partial charge is 0.491 e. The lowest BCUT2D eigenvalue weighted by molar-refractivity contribution is 0.0812. The van der Waals surface area contributed by atoms with Gasteiger partial charge in [-0.2, -0.15) is 0 Å². The van der Waals surface area contributed by atoms with Crippen LogP contribution in [0.3, 0.4) is 0 Å². The zero-order chi connectivity index (χ0) is 10.6. The normalized spacial score (nSPS) is 12.9. The Bertz CT molecular complexity index is 274. The zero-order valence-electron chi connectivity index (χ0n) is 7.71. The molecule has 1 aromatic rings. The highest BCUT2D eigenvalue weighted by molar-refractivity contribution is 9.10. The first kappa shape index (κ1) is 11.4. The van der Waals surface area contributed by atoms with Crippen LogP contribution < -0.4 is 4.74 Å². The Kier molecular flexibility index (Phi) is 4.32. The van der Waals surface area contributed by atoms with Gasteiger partial charge in [-0.25, -0.2) is 8.78 Å². The van der Waals surface area contributed by atoms with E-state index < -0.39 is 12.5 Å². The molecule has 1 atom stereocenters. The van der Waals surface area contributed by atoms with Crippen LogP contribution in [0.1, 0.15) is 13.3 Å². The second-order valence-electron chi connectivity index (χ2n) is 3.01. The zero-order valence-corrected chi connectivity index (χ0v) is 9.30. The van der Waals surface area contributed by atoms with E-state index in [2.05, 4.69) is 15.9 Å². The van der Waals surface area contributed by atoms with E-state index in [0.29, 0.717) is 5.75 Å². The molecule has 1 aromatic carbocycles. The van der Waals surface area contributed by atoms with Crippen molar-refractivity contribution in [1.29, 1.82) is 0 Å². The molecule has 0 radical (unpaired) electrons. The molecule has 0 aliphatic heterocycles. The molecule has 1 rings (SSSR count). The van der Waals surface area contributed by atoms with Gasteiger partial charge in [0, 0.05) is 10.9 Å². The van der Waals surface area contributed by atoms with E-state index in [-0.39, 0.29) is 6.42 Å². The van der Waals surface area contributed by atoms with Crippen LogP contribution in [0.2, 0.25) is 0 Å². The molecule has 0 spiro atoms. The van der Waals surface area contributed by atoms with Crippen molar-refractivity contribution in [3.05, 3.63) is 28.7 Å². The Balaban J connectivity index is 2.47. The Hall–Kier alpha value is -0.640. The Morgan fingerprint density at radius 3 is 2.36 bits per heavy atom. The molecule has 0 aromatic heterocycles. The molecule has 0 aliphatic rings. The van der Waals surface area contributed by atoms with E-state index in [9.17, 15) is 8.78 Å². The van der Waals surface area contributed by atoms with Gasteiger partial charge in [0.25, 0.3) is 0 Å². The van der Waals surface area contributed by atoms with E-state index in [0.717, 1.165) is 4.47 Å². The average molecular weight is 265 g/mol. The van der Waals surface area contributed by atoms with Crippen LogP contribution >= 0.6 is 15.9 Å². The third kappa shape index (κ3) is 4.05. The first-order chi connectivity index (χ1) is 6.58. The van der Waals surface area contributed by atoms with E-state index >= 15 is 0 Å². The number of hydrogen-bond acceptors (Lipinski definition) is 1. The van der Waals surface area contributed by atoms with Crippen LogP contribution in [0.4, 0.5) is 8.78 Å². The standard InChI is InChI=1S/C10H11BrF2O/c1-7(6-10(12)13)14-9-4-2-8(11)3-5-9/h2-5,7,10H,6H2,1H3. The van der Waals surface area contributed by atoms with Crippen molar-refractivity contribution < 1.29 is 13.5 Å².